The molecule has 1 aliphatic heterocycles. The Morgan fingerprint density at radius 1 is 1.69 bits per heavy atom. The summed E-state index contributed by atoms with van der Waals surface area (Å²) >= 11 is 3.24. The minimum absolute atomic E-state index is 0.177. The molecule has 0 amide bonds. The zero-order chi connectivity index (χ0) is 11.7. The molecule has 0 radical (unpaired) electrons. The van der Waals surface area contributed by atoms with Crippen molar-refractivity contribution in [1.29, 1.82) is 0 Å². The first-order valence-electron chi connectivity index (χ1n) is 5.26. The zero-order valence-electron chi connectivity index (χ0n) is 8.98. The summed E-state index contributed by atoms with van der Waals surface area (Å²) in [5.74, 6) is 0.851. The highest BCUT2D eigenvalue weighted by molar-refractivity contribution is 9.10. The molecule has 2 heterocycles. The highest BCUT2D eigenvalue weighted by atomic mass is 79.9. The molecule has 0 spiro atoms. The van der Waals surface area contributed by atoms with Crippen molar-refractivity contribution in [2.75, 3.05) is 18.0 Å². The summed E-state index contributed by atoms with van der Waals surface area (Å²) in [6.45, 7) is 3.44. The molecule has 2 N–H and O–H groups in total. The van der Waals surface area contributed by atoms with Crippen LogP contribution in [0, 0.1) is 5.92 Å². The van der Waals surface area contributed by atoms with E-state index in [4.69, 9.17) is 0 Å². The van der Waals surface area contributed by atoms with Crippen LogP contribution in [0.4, 0.5) is 5.82 Å². The monoisotopic (exact) mass is 287 g/mol. The van der Waals surface area contributed by atoms with Crippen molar-refractivity contribution in [2.24, 2.45) is 5.92 Å². The van der Waals surface area contributed by atoms with Crippen LogP contribution in [0.5, 0.6) is 0 Å². The first kappa shape index (κ1) is 11.6. The Labute approximate surface area is 102 Å². The molecule has 1 aromatic rings. The van der Waals surface area contributed by atoms with Gasteiger partial charge in [-0.3, -0.25) is 4.79 Å². The lowest BCUT2D eigenvalue weighted by Gasteiger charge is -2.35. The number of rotatable bonds is 1. The largest absolute Gasteiger partial charge is 0.393 e. The number of hydrogen-bond donors (Lipinski definition) is 2. The van der Waals surface area contributed by atoms with Crippen LogP contribution in [-0.4, -0.2) is 34.3 Å². The van der Waals surface area contributed by atoms with Gasteiger partial charge in [0.25, 0.3) is 5.56 Å². The van der Waals surface area contributed by atoms with Gasteiger partial charge in [-0.1, -0.05) is 6.92 Å². The molecule has 2 unspecified atom stereocenters. The lowest BCUT2D eigenvalue weighted by Crippen LogP contribution is -2.42. The van der Waals surface area contributed by atoms with E-state index in [-0.39, 0.29) is 17.6 Å². The van der Waals surface area contributed by atoms with Gasteiger partial charge >= 0.3 is 0 Å². The first-order chi connectivity index (χ1) is 7.59. The second-order valence-electron chi connectivity index (χ2n) is 4.15. The Morgan fingerprint density at radius 3 is 3.12 bits per heavy atom. The second-order valence-corrected chi connectivity index (χ2v) is 4.94. The Bertz CT molecular complexity index is 434. The van der Waals surface area contributed by atoms with Crippen LogP contribution in [0.25, 0.3) is 0 Å². The molecule has 2 atom stereocenters. The van der Waals surface area contributed by atoms with E-state index in [0.29, 0.717) is 16.7 Å². The van der Waals surface area contributed by atoms with Crippen molar-refractivity contribution >= 4 is 21.7 Å². The van der Waals surface area contributed by atoms with Gasteiger partial charge < -0.3 is 15.0 Å². The third-order valence-electron chi connectivity index (χ3n) is 2.94. The smallest absolute Gasteiger partial charge is 0.267 e. The molecular formula is C10H14BrN3O2. The quantitative estimate of drug-likeness (QED) is 0.799. The molecule has 0 aromatic carbocycles. The fourth-order valence-corrected chi connectivity index (χ4v) is 2.39. The highest BCUT2D eigenvalue weighted by Crippen LogP contribution is 2.25. The van der Waals surface area contributed by atoms with Crippen molar-refractivity contribution in [2.45, 2.75) is 19.4 Å². The molecule has 0 bridgehead atoms. The second kappa shape index (κ2) is 4.55. The number of hydrogen-bond acceptors (Lipinski definition) is 4. The van der Waals surface area contributed by atoms with Crippen molar-refractivity contribution in [3.8, 4) is 0 Å². The predicted octanol–water partition coefficient (Wildman–Crippen LogP) is 0.740. The highest BCUT2D eigenvalue weighted by Gasteiger charge is 2.26. The predicted molar refractivity (Wildman–Crippen MR) is 64.6 cm³/mol. The van der Waals surface area contributed by atoms with E-state index in [9.17, 15) is 9.90 Å². The van der Waals surface area contributed by atoms with E-state index in [1.165, 1.54) is 6.33 Å². The minimum atomic E-state index is -0.253. The van der Waals surface area contributed by atoms with Crippen LogP contribution in [0.2, 0.25) is 0 Å². The van der Waals surface area contributed by atoms with Crippen molar-refractivity contribution in [1.82, 2.24) is 9.97 Å². The number of aromatic amines is 1. The van der Waals surface area contributed by atoms with Gasteiger partial charge in [0.2, 0.25) is 0 Å². The van der Waals surface area contributed by atoms with Crippen LogP contribution >= 0.6 is 15.9 Å². The van der Waals surface area contributed by atoms with Gasteiger partial charge in [-0.15, -0.1) is 0 Å². The SMILES string of the molecule is CC1CN(c2nc[nH]c(=O)c2Br)CCC1O. The number of halogens is 1. The number of aliphatic hydroxyl groups excluding tert-OH is 1. The molecule has 0 saturated carbocycles. The van der Waals surface area contributed by atoms with Gasteiger partial charge in [-0.2, -0.15) is 0 Å². The summed E-state index contributed by atoms with van der Waals surface area (Å²) in [4.78, 5) is 20.1. The van der Waals surface area contributed by atoms with Crippen molar-refractivity contribution in [3.63, 3.8) is 0 Å². The fourth-order valence-electron chi connectivity index (χ4n) is 1.92. The van der Waals surface area contributed by atoms with E-state index >= 15 is 0 Å². The van der Waals surface area contributed by atoms with Gasteiger partial charge in [0.15, 0.2) is 0 Å². The zero-order valence-corrected chi connectivity index (χ0v) is 10.6. The molecule has 1 fully saturated rings. The van der Waals surface area contributed by atoms with Gasteiger partial charge in [0.1, 0.15) is 10.3 Å². The van der Waals surface area contributed by atoms with Crippen LogP contribution in [0.1, 0.15) is 13.3 Å². The Balaban J connectivity index is 2.25. The van der Waals surface area contributed by atoms with Gasteiger partial charge in [0, 0.05) is 13.1 Å². The lowest BCUT2D eigenvalue weighted by molar-refractivity contribution is 0.0968. The third kappa shape index (κ3) is 2.12. The average Bonchev–Trinajstić information content (AvgIpc) is 2.26. The maximum Gasteiger partial charge on any atom is 0.267 e. The van der Waals surface area contributed by atoms with Gasteiger partial charge in [-0.05, 0) is 28.3 Å². The Hall–Kier alpha value is -0.880. The number of piperidine rings is 1. The molecular weight excluding hydrogens is 274 g/mol. The summed E-state index contributed by atoms with van der Waals surface area (Å²) < 4.78 is 0.457. The number of anilines is 1. The molecule has 16 heavy (non-hydrogen) atoms. The summed E-state index contributed by atoms with van der Waals surface area (Å²) in [5.41, 5.74) is -0.177. The normalized spacial score (nSPS) is 25.8. The van der Waals surface area contributed by atoms with E-state index < -0.39 is 0 Å². The maximum atomic E-state index is 11.4. The molecule has 1 aromatic heterocycles. The number of aliphatic hydroxyl groups is 1. The van der Waals surface area contributed by atoms with Crippen LogP contribution in [-0.2, 0) is 0 Å². The van der Waals surface area contributed by atoms with E-state index in [0.717, 1.165) is 13.1 Å². The number of nitrogens with zero attached hydrogens (tertiary/aromatic N) is 2. The van der Waals surface area contributed by atoms with E-state index in [1.807, 2.05) is 11.8 Å². The summed E-state index contributed by atoms with van der Waals surface area (Å²) in [5, 5.41) is 9.64. The lowest BCUT2D eigenvalue weighted by atomic mass is 9.97. The van der Waals surface area contributed by atoms with E-state index in [1.54, 1.807) is 0 Å². The maximum absolute atomic E-state index is 11.4. The van der Waals surface area contributed by atoms with Gasteiger partial charge in [0.05, 0.1) is 12.4 Å². The standard InChI is InChI=1S/C10H14BrN3O2/c1-6-4-14(3-2-7(6)15)9-8(11)10(16)13-5-12-9/h5-7,15H,2-4H2,1H3,(H,12,13,16). The molecule has 6 heteroatoms. The number of nitrogens with one attached hydrogen (secondary N) is 1. The number of H-pyrrole nitrogens is 1. The third-order valence-corrected chi connectivity index (χ3v) is 3.65. The number of aromatic nitrogens is 2. The summed E-state index contributed by atoms with van der Waals surface area (Å²) in [6.07, 6.45) is 1.86. The van der Waals surface area contributed by atoms with Crippen LogP contribution < -0.4 is 10.5 Å². The van der Waals surface area contributed by atoms with Crippen LogP contribution in [0.3, 0.4) is 0 Å². The van der Waals surface area contributed by atoms with Crippen LogP contribution in [0.15, 0.2) is 15.6 Å². The summed E-state index contributed by atoms with van der Waals surface area (Å²) in [7, 11) is 0. The van der Waals surface area contributed by atoms with Crippen molar-refractivity contribution < 1.29 is 5.11 Å². The fraction of sp³-hybridized carbons (Fsp3) is 0.600. The summed E-state index contributed by atoms with van der Waals surface area (Å²) in [6, 6.07) is 0. The van der Waals surface area contributed by atoms with E-state index in [2.05, 4.69) is 25.9 Å². The molecule has 1 saturated heterocycles. The first-order valence-corrected chi connectivity index (χ1v) is 6.05. The average molecular weight is 288 g/mol. The van der Waals surface area contributed by atoms with Gasteiger partial charge in [-0.25, -0.2) is 4.98 Å². The van der Waals surface area contributed by atoms with Crippen molar-refractivity contribution in [3.05, 3.63) is 21.2 Å². The molecule has 88 valence electrons. The minimum Gasteiger partial charge on any atom is -0.393 e. The molecule has 2 rings (SSSR count). The Kier molecular flexibility index (Phi) is 3.30. The molecule has 1 aliphatic rings. The Morgan fingerprint density at radius 2 is 2.44 bits per heavy atom. The topological polar surface area (TPSA) is 69.2 Å². The molecule has 5 nitrogen and oxygen atoms in total. The molecule has 0 aliphatic carbocycles.